The summed E-state index contributed by atoms with van der Waals surface area (Å²) < 4.78 is 10.2. The van der Waals surface area contributed by atoms with Crippen molar-refractivity contribution in [2.45, 2.75) is 32.8 Å². The molecule has 1 aliphatic heterocycles. The Hall–Kier alpha value is -2.48. The smallest absolute Gasteiger partial charge is 0.410 e. The number of likely N-dealkylation sites (tertiary alicyclic amines) is 1. The molecule has 0 aliphatic carbocycles. The number of nitrogens with one attached hydrogen (secondary N) is 1. The lowest BCUT2D eigenvalue weighted by Gasteiger charge is -2.31. The quantitative estimate of drug-likeness (QED) is 0.603. The molecule has 1 heterocycles. The van der Waals surface area contributed by atoms with Gasteiger partial charge in [0.1, 0.15) is 5.60 Å². The van der Waals surface area contributed by atoms with Crippen molar-refractivity contribution < 1.29 is 23.9 Å². The molecule has 7 nitrogen and oxygen atoms in total. The lowest BCUT2D eigenvalue weighted by atomic mass is 10.0. The number of piperidine rings is 1. The van der Waals surface area contributed by atoms with Crippen molar-refractivity contribution in [3.8, 4) is 0 Å². The molecule has 8 heteroatoms. The lowest BCUT2D eigenvalue weighted by Crippen LogP contribution is -2.43. The number of hydrogen-bond donors (Lipinski definition) is 1. The fourth-order valence-electron chi connectivity index (χ4n) is 2.65. The van der Waals surface area contributed by atoms with E-state index < -0.39 is 17.7 Å². The van der Waals surface area contributed by atoms with Crippen molar-refractivity contribution in [3.05, 3.63) is 40.4 Å². The van der Waals surface area contributed by atoms with Crippen LogP contribution in [0.5, 0.6) is 0 Å². The van der Waals surface area contributed by atoms with Crippen molar-refractivity contribution in [2.24, 2.45) is 0 Å². The molecule has 1 saturated heterocycles. The maximum absolute atomic E-state index is 12.5. The molecule has 152 valence electrons. The van der Waals surface area contributed by atoms with Gasteiger partial charge >= 0.3 is 12.1 Å². The first kappa shape index (κ1) is 21.8. The van der Waals surface area contributed by atoms with Gasteiger partial charge in [0.05, 0.1) is 24.2 Å². The van der Waals surface area contributed by atoms with E-state index in [1.165, 1.54) is 23.8 Å². The number of nitrogens with zero attached hydrogens (tertiary/aromatic N) is 1. The van der Waals surface area contributed by atoms with Crippen LogP contribution in [-0.2, 0) is 14.3 Å². The van der Waals surface area contributed by atoms with E-state index >= 15 is 0 Å². The van der Waals surface area contributed by atoms with Crippen LogP contribution in [0.25, 0.3) is 0 Å². The number of esters is 1. The Kier molecular flexibility index (Phi) is 7.12. The van der Waals surface area contributed by atoms with Gasteiger partial charge in [-0.15, -0.1) is 11.8 Å². The fourth-order valence-corrected chi connectivity index (χ4v) is 3.29. The largest absolute Gasteiger partial charge is 0.465 e. The Morgan fingerprint density at radius 2 is 1.96 bits per heavy atom. The number of amides is 1. The molecule has 1 N–H and O–H groups in total. The van der Waals surface area contributed by atoms with Gasteiger partial charge in [-0.25, -0.2) is 9.59 Å². The zero-order chi connectivity index (χ0) is 20.9. The van der Waals surface area contributed by atoms with Crippen molar-refractivity contribution in [3.63, 3.8) is 0 Å². The van der Waals surface area contributed by atoms with Gasteiger partial charge in [0.15, 0.2) is 5.78 Å². The van der Waals surface area contributed by atoms with E-state index in [1.807, 2.05) is 6.26 Å². The van der Waals surface area contributed by atoms with Crippen LogP contribution in [0.3, 0.4) is 0 Å². The first-order valence-electron chi connectivity index (χ1n) is 8.88. The second-order valence-electron chi connectivity index (χ2n) is 7.28. The molecule has 0 atom stereocenters. The predicted octanol–water partition coefficient (Wildman–Crippen LogP) is 3.67. The van der Waals surface area contributed by atoms with Crippen LogP contribution in [0.15, 0.2) is 34.9 Å². The van der Waals surface area contributed by atoms with Crippen LogP contribution >= 0.6 is 11.8 Å². The molecule has 1 aromatic carbocycles. The van der Waals surface area contributed by atoms with Crippen molar-refractivity contribution >= 4 is 35.3 Å². The Balaban J connectivity index is 2.24. The SMILES string of the molecule is COC(=O)c1cccc(NC(SC)=C2CN(C(=O)OC(C)(C)C)CCC2=O)c1. The highest BCUT2D eigenvalue weighted by atomic mass is 32.2. The highest BCUT2D eigenvalue weighted by Gasteiger charge is 2.30. The Labute approximate surface area is 169 Å². The molecule has 0 unspecified atom stereocenters. The van der Waals surface area contributed by atoms with Crippen LogP contribution in [0.2, 0.25) is 0 Å². The van der Waals surface area contributed by atoms with Gasteiger partial charge in [-0.3, -0.25) is 4.79 Å². The van der Waals surface area contributed by atoms with Gasteiger partial charge in [0, 0.05) is 24.2 Å². The molecule has 0 saturated carbocycles. The third-order valence-electron chi connectivity index (χ3n) is 3.97. The number of carbonyl (C=O) groups excluding carboxylic acids is 3. The minimum absolute atomic E-state index is 0.0132. The number of hydrogen-bond acceptors (Lipinski definition) is 7. The first-order valence-corrected chi connectivity index (χ1v) is 10.1. The van der Waals surface area contributed by atoms with Crippen LogP contribution < -0.4 is 5.32 Å². The molecular formula is C20H26N2O5S. The maximum Gasteiger partial charge on any atom is 0.410 e. The Bertz CT molecular complexity index is 798. The normalized spacial score (nSPS) is 16.5. The number of carbonyl (C=O) groups is 3. The van der Waals surface area contributed by atoms with Crippen LogP contribution in [0.1, 0.15) is 37.6 Å². The molecule has 1 fully saturated rings. The summed E-state index contributed by atoms with van der Waals surface area (Å²) >= 11 is 1.37. The van der Waals surface area contributed by atoms with Gasteiger partial charge in [0.2, 0.25) is 0 Å². The summed E-state index contributed by atoms with van der Waals surface area (Å²) in [5.41, 5.74) is 0.982. The van der Waals surface area contributed by atoms with E-state index in [-0.39, 0.29) is 18.7 Å². The average molecular weight is 407 g/mol. The maximum atomic E-state index is 12.5. The molecule has 0 spiro atoms. The number of anilines is 1. The van der Waals surface area contributed by atoms with E-state index in [2.05, 4.69) is 5.32 Å². The van der Waals surface area contributed by atoms with Crippen LogP contribution in [0.4, 0.5) is 10.5 Å². The van der Waals surface area contributed by atoms with Gasteiger partial charge in [0.25, 0.3) is 0 Å². The standard InChI is InChI=1S/C20H26N2O5S/c1-20(2,3)27-19(25)22-10-9-16(23)15(12-22)17(28-5)21-14-8-6-7-13(11-14)18(24)26-4/h6-8,11,21H,9-10,12H2,1-5H3. The molecule has 1 aromatic rings. The number of thioether (sulfide) groups is 1. The summed E-state index contributed by atoms with van der Waals surface area (Å²) in [5.74, 6) is -0.451. The van der Waals surface area contributed by atoms with E-state index in [1.54, 1.807) is 45.0 Å². The summed E-state index contributed by atoms with van der Waals surface area (Å²) in [6.45, 7) is 5.92. The number of benzene rings is 1. The molecule has 28 heavy (non-hydrogen) atoms. The summed E-state index contributed by atoms with van der Waals surface area (Å²) in [6, 6.07) is 6.83. The van der Waals surface area contributed by atoms with E-state index in [0.29, 0.717) is 28.4 Å². The Morgan fingerprint density at radius 1 is 1.25 bits per heavy atom. The number of ether oxygens (including phenoxy) is 2. The fraction of sp³-hybridized carbons (Fsp3) is 0.450. The second-order valence-corrected chi connectivity index (χ2v) is 8.10. The minimum Gasteiger partial charge on any atom is -0.465 e. The van der Waals surface area contributed by atoms with Crippen LogP contribution in [0, 0.1) is 0 Å². The molecule has 1 aliphatic rings. The Morgan fingerprint density at radius 3 is 2.57 bits per heavy atom. The van der Waals surface area contributed by atoms with Crippen molar-refractivity contribution in [1.29, 1.82) is 0 Å². The molecular weight excluding hydrogens is 380 g/mol. The second kappa shape index (κ2) is 9.14. The molecule has 2 rings (SSSR count). The predicted molar refractivity (Wildman–Crippen MR) is 109 cm³/mol. The third kappa shape index (κ3) is 5.76. The van der Waals surface area contributed by atoms with Crippen molar-refractivity contribution in [1.82, 2.24) is 4.90 Å². The highest BCUT2D eigenvalue weighted by Crippen LogP contribution is 2.26. The monoisotopic (exact) mass is 406 g/mol. The van der Waals surface area contributed by atoms with E-state index in [9.17, 15) is 14.4 Å². The minimum atomic E-state index is -0.600. The average Bonchev–Trinajstić information content (AvgIpc) is 2.64. The molecule has 1 amide bonds. The van der Waals surface area contributed by atoms with Gasteiger partial charge in [-0.2, -0.15) is 0 Å². The molecule has 0 bridgehead atoms. The van der Waals surface area contributed by atoms with E-state index in [4.69, 9.17) is 9.47 Å². The summed E-state index contributed by atoms with van der Waals surface area (Å²) in [5, 5.41) is 3.83. The third-order valence-corrected chi connectivity index (χ3v) is 4.72. The van der Waals surface area contributed by atoms with Crippen molar-refractivity contribution in [2.75, 3.05) is 31.8 Å². The van der Waals surface area contributed by atoms with Crippen LogP contribution in [-0.4, -0.2) is 54.8 Å². The summed E-state index contributed by atoms with van der Waals surface area (Å²) in [4.78, 5) is 38.1. The molecule has 0 aromatic heterocycles. The van der Waals surface area contributed by atoms with Gasteiger partial charge < -0.3 is 19.7 Å². The number of Topliss-reactive ketones (excluding diaryl/α,β-unsaturated/α-hetero) is 1. The number of rotatable bonds is 4. The lowest BCUT2D eigenvalue weighted by molar-refractivity contribution is -0.117. The first-order chi connectivity index (χ1) is 13.1. The highest BCUT2D eigenvalue weighted by molar-refractivity contribution is 8.02. The topological polar surface area (TPSA) is 84.9 Å². The summed E-state index contributed by atoms with van der Waals surface area (Å²) in [7, 11) is 1.32. The number of methoxy groups -OCH3 is 1. The summed E-state index contributed by atoms with van der Waals surface area (Å²) in [6.07, 6.45) is 1.65. The number of ketones is 1. The van der Waals surface area contributed by atoms with Gasteiger partial charge in [-0.05, 0) is 45.2 Å². The van der Waals surface area contributed by atoms with Gasteiger partial charge in [-0.1, -0.05) is 6.07 Å². The van der Waals surface area contributed by atoms with E-state index in [0.717, 1.165) is 0 Å². The zero-order valence-electron chi connectivity index (χ0n) is 16.8. The zero-order valence-corrected chi connectivity index (χ0v) is 17.6. The molecule has 0 radical (unpaired) electrons.